The Morgan fingerprint density at radius 3 is 1.76 bits per heavy atom. The summed E-state index contributed by atoms with van der Waals surface area (Å²) in [6.45, 7) is 1.82. The Morgan fingerprint density at radius 2 is 1.33 bits per heavy atom. The van der Waals surface area contributed by atoms with E-state index in [0.29, 0.717) is 0 Å². The number of rotatable bonds is 7. The van der Waals surface area contributed by atoms with Gasteiger partial charge in [0.15, 0.2) is 0 Å². The van der Waals surface area contributed by atoms with Crippen molar-refractivity contribution in [2.75, 3.05) is 27.2 Å². The fourth-order valence-corrected chi connectivity index (χ4v) is 2.22. The Bertz CT molecular complexity index is 448. The first-order valence-electron chi connectivity index (χ1n) is 7.13. The van der Waals surface area contributed by atoms with Crippen LogP contribution < -0.4 is 0 Å². The molecule has 0 aliphatic rings. The molecule has 0 aliphatic carbocycles. The first-order chi connectivity index (χ1) is 9.77. The maximum Gasteiger partial charge on any atom is 0.108 e. The summed E-state index contributed by atoms with van der Waals surface area (Å²) in [4.78, 5) is 2.18. The van der Waals surface area contributed by atoms with Gasteiger partial charge in [0, 0.05) is 6.61 Å². The Kier molecular flexibility index (Phi) is 8.06. The Balaban J connectivity index is 0.00000220. The van der Waals surface area contributed by atoms with Crippen LogP contribution in [0.15, 0.2) is 60.7 Å². The largest absolute Gasteiger partial charge is 0.369 e. The molecule has 0 spiro atoms. The highest BCUT2D eigenvalue weighted by Crippen LogP contribution is 2.25. The van der Waals surface area contributed by atoms with Gasteiger partial charge in [-0.05, 0) is 38.2 Å². The monoisotopic (exact) mass is 305 g/mol. The van der Waals surface area contributed by atoms with E-state index >= 15 is 0 Å². The predicted octanol–water partition coefficient (Wildman–Crippen LogP) is 4.17. The third kappa shape index (κ3) is 5.88. The standard InChI is InChI=1S/C18H23NO.ClH/c1-19(2)14-9-15-20-18(16-10-5-3-6-11-16)17-12-7-4-8-13-17;/h3-8,10-13,18H,9,14-15H2,1-2H3;1H. The van der Waals surface area contributed by atoms with Gasteiger partial charge in [-0.1, -0.05) is 60.7 Å². The van der Waals surface area contributed by atoms with Gasteiger partial charge in [-0.25, -0.2) is 0 Å². The minimum absolute atomic E-state index is 0. The predicted molar refractivity (Wildman–Crippen MR) is 91.1 cm³/mol. The molecule has 3 heteroatoms. The van der Waals surface area contributed by atoms with Crippen molar-refractivity contribution in [2.45, 2.75) is 12.5 Å². The summed E-state index contributed by atoms with van der Waals surface area (Å²) in [5.41, 5.74) is 2.42. The smallest absolute Gasteiger partial charge is 0.108 e. The van der Waals surface area contributed by atoms with Crippen LogP contribution in [0.1, 0.15) is 23.7 Å². The minimum atomic E-state index is 0. The van der Waals surface area contributed by atoms with Gasteiger partial charge in [-0.15, -0.1) is 12.4 Å². The zero-order valence-corrected chi connectivity index (χ0v) is 13.6. The second kappa shape index (κ2) is 9.56. The molecule has 0 fully saturated rings. The van der Waals surface area contributed by atoms with E-state index < -0.39 is 0 Å². The quantitative estimate of drug-likeness (QED) is 0.712. The molecule has 0 aliphatic heterocycles. The molecular weight excluding hydrogens is 282 g/mol. The van der Waals surface area contributed by atoms with Crippen molar-refractivity contribution in [3.8, 4) is 0 Å². The zero-order valence-electron chi connectivity index (χ0n) is 12.7. The van der Waals surface area contributed by atoms with Gasteiger partial charge in [-0.3, -0.25) is 0 Å². The molecule has 2 aromatic rings. The topological polar surface area (TPSA) is 12.5 Å². The van der Waals surface area contributed by atoms with Crippen LogP contribution >= 0.6 is 12.4 Å². The van der Waals surface area contributed by atoms with Crippen LogP contribution in [0.4, 0.5) is 0 Å². The highest BCUT2D eigenvalue weighted by molar-refractivity contribution is 5.85. The summed E-state index contributed by atoms with van der Waals surface area (Å²) in [7, 11) is 4.18. The van der Waals surface area contributed by atoms with Gasteiger partial charge in [0.05, 0.1) is 0 Å². The van der Waals surface area contributed by atoms with Crippen LogP contribution in [-0.2, 0) is 4.74 Å². The van der Waals surface area contributed by atoms with E-state index in [1.165, 1.54) is 11.1 Å². The van der Waals surface area contributed by atoms with Gasteiger partial charge in [-0.2, -0.15) is 0 Å². The van der Waals surface area contributed by atoms with Gasteiger partial charge in [0.2, 0.25) is 0 Å². The maximum atomic E-state index is 6.14. The highest BCUT2D eigenvalue weighted by atomic mass is 35.5. The van der Waals surface area contributed by atoms with E-state index in [4.69, 9.17) is 4.74 Å². The van der Waals surface area contributed by atoms with E-state index in [9.17, 15) is 0 Å². The first-order valence-corrected chi connectivity index (χ1v) is 7.13. The van der Waals surface area contributed by atoms with Crippen molar-refractivity contribution in [1.82, 2.24) is 4.90 Å². The van der Waals surface area contributed by atoms with Gasteiger partial charge in [0.25, 0.3) is 0 Å². The van der Waals surface area contributed by atoms with Crippen LogP contribution in [0.25, 0.3) is 0 Å². The van der Waals surface area contributed by atoms with Crippen molar-refractivity contribution in [3.05, 3.63) is 71.8 Å². The number of benzene rings is 2. The molecule has 114 valence electrons. The fraction of sp³-hybridized carbons (Fsp3) is 0.333. The van der Waals surface area contributed by atoms with E-state index in [1.807, 2.05) is 12.1 Å². The van der Waals surface area contributed by atoms with E-state index in [2.05, 4.69) is 67.5 Å². The molecule has 2 rings (SSSR count). The molecule has 2 nitrogen and oxygen atoms in total. The molecule has 0 heterocycles. The van der Waals surface area contributed by atoms with E-state index in [-0.39, 0.29) is 18.5 Å². The second-order valence-electron chi connectivity index (χ2n) is 5.23. The van der Waals surface area contributed by atoms with Crippen molar-refractivity contribution in [3.63, 3.8) is 0 Å². The molecule has 0 amide bonds. The highest BCUT2D eigenvalue weighted by Gasteiger charge is 2.13. The molecular formula is C18H24ClNO. The summed E-state index contributed by atoms with van der Waals surface area (Å²) in [5, 5.41) is 0. The average molecular weight is 306 g/mol. The summed E-state index contributed by atoms with van der Waals surface area (Å²) in [5.74, 6) is 0. The zero-order chi connectivity index (χ0) is 14.2. The number of hydrogen-bond donors (Lipinski definition) is 0. The van der Waals surface area contributed by atoms with Crippen LogP contribution in [0.2, 0.25) is 0 Å². The third-order valence-electron chi connectivity index (χ3n) is 3.24. The van der Waals surface area contributed by atoms with Crippen LogP contribution in [0.5, 0.6) is 0 Å². The minimum Gasteiger partial charge on any atom is -0.369 e. The number of nitrogens with zero attached hydrogens (tertiary/aromatic N) is 1. The van der Waals surface area contributed by atoms with E-state index in [0.717, 1.165) is 19.6 Å². The summed E-state index contributed by atoms with van der Waals surface area (Å²) < 4.78 is 6.14. The molecule has 0 N–H and O–H groups in total. The number of ether oxygens (including phenoxy) is 1. The van der Waals surface area contributed by atoms with Crippen molar-refractivity contribution >= 4 is 12.4 Å². The molecule has 0 saturated carbocycles. The molecule has 2 aromatic carbocycles. The lowest BCUT2D eigenvalue weighted by atomic mass is 10.0. The Labute approximate surface area is 134 Å². The lowest BCUT2D eigenvalue weighted by Crippen LogP contribution is -2.16. The SMILES string of the molecule is CN(C)CCCOC(c1ccccc1)c1ccccc1.Cl. The van der Waals surface area contributed by atoms with Crippen LogP contribution in [-0.4, -0.2) is 32.1 Å². The number of hydrogen-bond acceptors (Lipinski definition) is 2. The summed E-state index contributed by atoms with van der Waals surface area (Å²) >= 11 is 0. The molecule has 0 bridgehead atoms. The fourth-order valence-electron chi connectivity index (χ4n) is 2.22. The maximum absolute atomic E-state index is 6.14. The molecule has 0 saturated heterocycles. The van der Waals surface area contributed by atoms with Crippen LogP contribution in [0, 0.1) is 0 Å². The lowest BCUT2D eigenvalue weighted by molar-refractivity contribution is 0.0744. The van der Waals surface area contributed by atoms with Crippen molar-refractivity contribution in [2.24, 2.45) is 0 Å². The Morgan fingerprint density at radius 1 is 0.857 bits per heavy atom. The van der Waals surface area contributed by atoms with Crippen molar-refractivity contribution in [1.29, 1.82) is 0 Å². The molecule has 0 radical (unpaired) electrons. The molecule has 21 heavy (non-hydrogen) atoms. The molecule has 0 aromatic heterocycles. The lowest BCUT2D eigenvalue weighted by Gasteiger charge is -2.19. The average Bonchev–Trinajstić information content (AvgIpc) is 2.49. The van der Waals surface area contributed by atoms with Gasteiger partial charge in [0.1, 0.15) is 6.10 Å². The van der Waals surface area contributed by atoms with Crippen LogP contribution in [0.3, 0.4) is 0 Å². The summed E-state index contributed by atoms with van der Waals surface area (Å²) in [6.07, 6.45) is 1.07. The third-order valence-corrected chi connectivity index (χ3v) is 3.24. The van der Waals surface area contributed by atoms with E-state index in [1.54, 1.807) is 0 Å². The summed E-state index contributed by atoms with van der Waals surface area (Å²) in [6, 6.07) is 20.8. The van der Waals surface area contributed by atoms with Crippen molar-refractivity contribution < 1.29 is 4.74 Å². The second-order valence-corrected chi connectivity index (χ2v) is 5.23. The number of halogens is 1. The molecule has 0 atom stereocenters. The van der Waals surface area contributed by atoms with Gasteiger partial charge >= 0.3 is 0 Å². The normalized spacial score (nSPS) is 10.7. The molecule has 0 unspecified atom stereocenters. The first kappa shape index (κ1) is 17.7. The van der Waals surface area contributed by atoms with Gasteiger partial charge < -0.3 is 9.64 Å². The Hall–Kier alpha value is -1.35.